The van der Waals surface area contributed by atoms with E-state index in [1.807, 2.05) is 13.8 Å². The zero-order valence-corrected chi connectivity index (χ0v) is 18.3. The Morgan fingerprint density at radius 3 is 2.24 bits per heavy atom. The average Bonchev–Trinajstić information content (AvgIpc) is 3.05. The number of phenols is 1. The Morgan fingerprint density at radius 2 is 1.64 bits per heavy atom. The third kappa shape index (κ3) is 4.57. The summed E-state index contributed by atoms with van der Waals surface area (Å²) in [6.07, 6.45) is 3.22. The number of carbonyl (C=O) groups is 2. The summed E-state index contributed by atoms with van der Waals surface area (Å²) in [5.74, 6) is -1.03. The molecule has 1 unspecified atom stereocenters. The third-order valence-electron chi connectivity index (χ3n) is 5.35. The van der Waals surface area contributed by atoms with E-state index in [1.54, 1.807) is 60.9 Å². The lowest BCUT2D eigenvalue weighted by Crippen LogP contribution is -2.29. The number of aromatic nitrogens is 1. The number of hydrogen-bond acceptors (Lipinski definition) is 6. The monoisotopic (exact) mass is 444 g/mol. The molecule has 2 heterocycles. The maximum absolute atomic E-state index is 13.1. The molecule has 2 N–H and O–H groups in total. The molecule has 7 nitrogen and oxygen atoms in total. The molecule has 0 aliphatic carbocycles. The molecule has 1 aliphatic heterocycles. The number of pyridine rings is 1. The Balaban J connectivity index is 1.79. The second-order valence-electron chi connectivity index (χ2n) is 8.06. The van der Waals surface area contributed by atoms with Gasteiger partial charge in [0.25, 0.3) is 11.7 Å². The zero-order chi connectivity index (χ0) is 23.5. The standard InChI is InChI=1S/C26H24N2O5/c1-16(2)33-21-9-5-19(6-10-21)24(30)22-23(18-3-7-20(29)8-4-18)28(26(32)25(22)31)15-17-11-13-27-14-12-17/h3-14,16,23,29-30H,15H2,1-2H3/b24-22+. The molecule has 1 atom stereocenters. The maximum Gasteiger partial charge on any atom is 0.295 e. The van der Waals surface area contributed by atoms with Crippen molar-refractivity contribution in [1.29, 1.82) is 0 Å². The van der Waals surface area contributed by atoms with E-state index in [-0.39, 0.29) is 29.7 Å². The van der Waals surface area contributed by atoms with Crippen LogP contribution in [0, 0.1) is 0 Å². The van der Waals surface area contributed by atoms with Crippen LogP contribution >= 0.6 is 0 Å². The van der Waals surface area contributed by atoms with Crippen molar-refractivity contribution < 1.29 is 24.5 Å². The van der Waals surface area contributed by atoms with Gasteiger partial charge in [-0.2, -0.15) is 0 Å². The van der Waals surface area contributed by atoms with Crippen LogP contribution in [0.1, 0.15) is 36.6 Å². The fraction of sp³-hybridized carbons (Fsp3) is 0.192. The molecule has 4 rings (SSSR count). The number of nitrogens with zero attached hydrogens (tertiary/aromatic N) is 2. The van der Waals surface area contributed by atoms with Crippen LogP contribution in [0.4, 0.5) is 0 Å². The summed E-state index contributed by atoms with van der Waals surface area (Å²) in [5, 5.41) is 20.8. The summed E-state index contributed by atoms with van der Waals surface area (Å²) < 4.78 is 5.64. The summed E-state index contributed by atoms with van der Waals surface area (Å²) in [5.41, 5.74) is 1.79. The van der Waals surface area contributed by atoms with Gasteiger partial charge in [0.2, 0.25) is 0 Å². The molecule has 3 aromatic rings. The smallest absolute Gasteiger partial charge is 0.295 e. The van der Waals surface area contributed by atoms with Crippen LogP contribution in [-0.2, 0) is 16.1 Å². The first-order valence-electron chi connectivity index (χ1n) is 10.6. The Morgan fingerprint density at radius 1 is 1.00 bits per heavy atom. The van der Waals surface area contributed by atoms with Gasteiger partial charge in [-0.05, 0) is 73.5 Å². The van der Waals surface area contributed by atoms with Gasteiger partial charge in [0.1, 0.15) is 17.3 Å². The number of aromatic hydroxyl groups is 1. The number of amides is 1. The SMILES string of the molecule is CC(C)Oc1ccc(/C(O)=C2\C(=O)C(=O)N(Cc3ccncc3)C2c2ccc(O)cc2)cc1. The molecule has 2 aromatic carbocycles. The van der Waals surface area contributed by atoms with Crippen molar-refractivity contribution in [2.75, 3.05) is 0 Å². The molecule has 1 aromatic heterocycles. The molecule has 7 heteroatoms. The number of ether oxygens (including phenoxy) is 1. The number of likely N-dealkylation sites (tertiary alicyclic amines) is 1. The first-order chi connectivity index (χ1) is 15.8. The number of aliphatic hydroxyl groups excluding tert-OH is 1. The lowest BCUT2D eigenvalue weighted by atomic mass is 9.95. The highest BCUT2D eigenvalue weighted by Gasteiger charge is 2.46. The van der Waals surface area contributed by atoms with E-state index in [9.17, 15) is 19.8 Å². The molecule has 0 saturated carbocycles. The van der Waals surface area contributed by atoms with Crippen molar-refractivity contribution in [3.63, 3.8) is 0 Å². The summed E-state index contributed by atoms with van der Waals surface area (Å²) in [7, 11) is 0. The summed E-state index contributed by atoms with van der Waals surface area (Å²) in [6, 6.07) is 15.7. The number of aliphatic hydroxyl groups is 1. The fourth-order valence-electron chi connectivity index (χ4n) is 3.85. The minimum Gasteiger partial charge on any atom is -0.508 e. The van der Waals surface area contributed by atoms with Crippen molar-refractivity contribution in [2.24, 2.45) is 0 Å². The van der Waals surface area contributed by atoms with Crippen molar-refractivity contribution in [2.45, 2.75) is 32.5 Å². The van der Waals surface area contributed by atoms with E-state index < -0.39 is 17.7 Å². The Labute approximate surface area is 191 Å². The van der Waals surface area contributed by atoms with Gasteiger partial charge in [-0.1, -0.05) is 12.1 Å². The Kier molecular flexibility index (Phi) is 6.13. The van der Waals surface area contributed by atoms with Gasteiger partial charge in [-0.25, -0.2) is 0 Å². The van der Waals surface area contributed by atoms with Gasteiger partial charge in [0, 0.05) is 24.5 Å². The van der Waals surface area contributed by atoms with Crippen molar-refractivity contribution >= 4 is 17.4 Å². The molecule has 1 fully saturated rings. The number of rotatable bonds is 6. The molecule has 0 radical (unpaired) electrons. The van der Waals surface area contributed by atoms with Crippen molar-refractivity contribution in [3.05, 3.63) is 95.3 Å². The molecule has 0 bridgehead atoms. The highest BCUT2D eigenvalue weighted by atomic mass is 16.5. The molecule has 0 spiro atoms. The van der Waals surface area contributed by atoms with Crippen LogP contribution in [0.2, 0.25) is 0 Å². The van der Waals surface area contributed by atoms with E-state index >= 15 is 0 Å². The molecule has 1 amide bonds. The van der Waals surface area contributed by atoms with E-state index in [1.165, 1.54) is 17.0 Å². The van der Waals surface area contributed by atoms with Crippen LogP contribution in [-0.4, -0.2) is 37.9 Å². The number of Topliss-reactive ketones (excluding diaryl/α,β-unsaturated/α-hetero) is 1. The van der Waals surface area contributed by atoms with Gasteiger partial charge in [-0.3, -0.25) is 14.6 Å². The number of carbonyl (C=O) groups excluding carboxylic acids is 2. The second-order valence-corrected chi connectivity index (χ2v) is 8.06. The number of hydrogen-bond donors (Lipinski definition) is 2. The third-order valence-corrected chi connectivity index (χ3v) is 5.35. The Bertz CT molecular complexity index is 1190. The van der Waals surface area contributed by atoms with Gasteiger partial charge in [0.15, 0.2) is 0 Å². The lowest BCUT2D eigenvalue weighted by molar-refractivity contribution is -0.140. The minimum absolute atomic E-state index is 0.00236. The molecule has 33 heavy (non-hydrogen) atoms. The summed E-state index contributed by atoms with van der Waals surface area (Å²) in [6.45, 7) is 3.99. The van der Waals surface area contributed by atoms with E-state index in [0.717, 1.165) is 5.56 Å². The fourth-order valence-corrected chi connectivity index (χ4v) is 3.85. The quantitative estimate of drug-likeness (QED) is 0.336. The average molecular weight is 444 g/mol. The predicted octanol–water partition coefficient (Wildman–Crippen LogP) is 4.20. The van der Waals surface area contributed by atoms with Crippen LogP contribution in [0.15, 0.2) is 78.6 Å². The lowest BCUT2D eigenvalue weighted by Gasteiger charge is -2.25. The van der Waals surface area contributed by atoms with Crippen LogP contribution in [0.5, 0.6) is 11.5 Å². The number of phenolic OH excluding ortho intramolecular Hbond substituents is 1. The maximum atomic E-state index is 13.1. The predicted molar refractivity (Wildman–Crippen MR) is 122 cm³/mol. The minimum atomic E-state index is -0.814. The van der Waals surface area contributed by atoms with Crippen LogP contribution in [0.25, 0.3) is 5.76 Å². The molecule has 1 saturated heterocycles. The van der Waals surface area contributed by atoms with Gasteiger partial charge in [-0.15, -0.1) is 0 Å². The highest BCUT2D eigenvalue weighted by molar-refractivity contribution is 6.46. The molecule has 1 aliphatic rings. The first-order valence-corrected chi connectivity index (χ1v) is 10.6. The van der Waals surface area contributed by atoms with Gasteiger partial charge in [0.05, 0.1) is 17.7 Å². The highest BCUT2D eigenvalue weighted by Crippen LogP contribution is 2.40. The van der Waals surface area contributed by atoms with Crippen LogP contribution in [0.3, 0.4) is 0 Å². The Hall–Kier alpha value is -4.13. The topological polar surface area (TPSA) is 100.0 Å². The second kappa shape index (κ2) is 9.16. The largest absolute Gasteiger partial charge is 0.508 e. The van der Waals surface area contributed by atoms with Crippen molar-refractivity contribution in [1.82, 2.24) is 9.88 Å². The summed E-state index contributed by atoms with van der Waals surface area (Å²) >= 11 is 0. The van der Waals surface area contributed by atoms with E-state index in [4.69, 9.17) is 4.74 Å². The van der Waals surface area contributed by atoms with E-state index in [0.29, 0.717) is 16.9 Å². The number of benzene rings is 2. The number of ketones is 1. The normalized spacial score (nSPS) is 17.5. The molecule has 168 valence electrons. The molecular weight excluding hydrogens is 420 g/mol. The van der Waals surface area contributed by atoms with Gasteiger partial charge >= 0.3 is 0 Å². The molecular formula is C26H24N2O5. The van der Waals surface area contributed by atoms with Crippen LogP contribution < -0.4 is 4.74 Å². The summed E-state index contributed by atoms with van der Waals surface area (Å²) in [4.78, 5) is 31.5. The first kappa shape index (κ1) is 22.1. The van der Waals surface area contributed by atoms with Gasteiger partial charge < -0.3 is 19.8 Å². The van der Waals surface area contributed by atoms with E-state index in [2.05, 4.69) is 4.98 Å². The van der Waals surface area contributed by atoms with Crippen molar-refractivity contribution in [3.8, 4) is 11.5 Å². The zero-order valence-electron chi connectivity index (χ0n) is 18.3.